The minimum atomic E-state index is -4.74. The maximum Gasteiger partial charge on any atom is 0.472 e. The smallest absolute Gasteiger partial charge is 0.462 e. The predicted octanol–water partition coefficient (Wildman–Crippen LogP) is 17.8. The lowest BCUT2D eigenvalue weighted by Gasteiger charge is -2.21. The fraction of sp³-hybridized carbons (Fsp3) is 0.883. The zero-order chi connectivity index (χ0) is 52.7. The first kappa shape index (κ1) is 70.0. The third-order valence-electron chi connectivity index (χ3n) is 13.4. The van der Waals surface area contributed by atoms with Crippen LogP contribution in [0.15, 0.2) is 24.3 Å². The van der Waals surface area contributed by atoms with E-state index in [0.29, 0.717) is 19.3 Å². The van der Waals surface area contributed by atoms with Gasteiger partial charge >= 0.3 is 25.7 Å². The van der Waals surface area contributed by atoms with Crippen LogP contribution in [0.3, 0.4) is 0 Å². The first-order valence-corrected chi connectivity index (χ1v) is 31.7. The standard InChI is InChI=1S/C60H113O11P/c1-4-7-10-13-16-19-21-23-25-27-28-30-32-34-36-39-42-45-48-51-60(64)71-57(53-67-58(62)49-46-43-40-37-18-15-12-9-6-3)55-69-72(65,66)68-54-56(52-61)70-59(63)50-47-44-41-38-35-33-31-29-26-24-22-20-17-14-11-8-5-2/h17,20,24,26,56-57,61H,4-16,18-19,21-23,25,27-55H2,1-3H3,(H,65,66)/b20-17-,26-24-. The van der Waals surface area contributed by atoms with Gasteiger partial charge < -0.3 is 24.2 Å². The van der Waals surface area contributed by atoms with Gasteiger partial charge in [-0.3, -0.25) is 23.4 Å². The first-order chi connectivity index (χ1) is 35.2. The highest BCUT2D eigenvalue weighted by atomic mass is 31.2. The molecule has 0 saturated heterocycles. The largest absolute Gasteiger partial charge is 0.472 e. The van der Waals surface area contributed by atoms with Crippen LogP contribution in [0.1, 0.15) is 303 Å². The summed E-state index contributed by atoms with van der Waals surface area (Å²) in [6.07, 6.45) is 55.7. The molecule has 72 heavy (non-hydrogen) atoms. The molecular weight excluding hydrogens is 928 g/mol. The Morgan fingerprint density at radius 1 is 0.389 bits per heavy atom. The van der Waals surface area contributed by atoms with E-state index in [0.717, 1.165) is 77.0 Å². The number of hydrogen-bond donors (Lipinski definition) is 2. The summed E-state index contributed by atoms with van der Waals surface area (Å²) in [5, 5.41) is 9.82. The number of esters is 3. The molecule has 0 aromatic heterocycles. The van der Waals surface area contributed by atoms with Crippen molar-refractivity contribution >= 4 is 25.7 Å². The highest BCUT2D eigenvalue weighted by Crippen LogP contribution is 2.43. The van der Waals surface area contributed by atoms with E-state index < -0.39 is 57.8 Å². The molecule has 12 heteroatoms. The minimum absolute atomic E-state index is 0.173. The van der Waals surface area contributed by atoms with Crippen LogP contribution >= 0.6 is 7.82 Å². The van der Waals surface area contributed by atoms with Gasteiger partial charge in [-0.15, -0.1) is 0 Å². The Balaban J connectivity index is 4.56. The van der Waals surface area contributed by atoms with E-state index in [1.807, 2.05) is 0 Å². The van der Waals surface area contributed by atoms with Gasteiger partial charge in [0.1, 0.15) is 12.7 Å². The Hall–Kier alpha value is -2.04. The Morgan fingerprint density at radius 2 is 0.681 bits per heavy atom. The van der Waals surface area contributed by atoms with E-state index in [2.05, 4.69) is 45.1 Å². The van der Waals surface area contributed by atoms with Crippen molar-refractivity contribution in [2.24, 2.45) is 0 Å². The third-order valence-corrected chi connectivity index (χ3v) is 14.3. The number of carbonyl (C=O) groups excluding carboxylic acids is 3. The molecule has 2 N–H and O–H groups in total. The van der Waals surface area contributed by atoms with Crippen molar-refractivity contribution < 1.29 is 52.2 Å². The number of unbranched alkanes of at least 4 members (excludes halogenated alkanes) is 36. The molecule has 0 radical (unpaired) electrons. The van der Waals surface area contributed by atoms with Crippen molar-refractivity contribution in [1.29, 1.82) is 0 Å². The van der Waals surface area contributed by atoms with Gasteiger partial charge in [-0.25, -0.2) is 4.57 Å². The summed E-state index contributed by atoms with van der Waals surface area (Å²) in [6.45, 7) is 4.65. The molecular formula is C60H113O11P. The van der Waals surface area contributed by atoms with E-state index in [1.165, 1.54) is 167 Å². The number of allylic oxidation sites excluding steroid dienone is 4. The lowest BCUT2D eigenvalue weighted by Crippen LogP contribution is -2.30. The molecule has 0 aliphatic heterocycles. The number of aliphatic hydroxyl groups is 1. The van der Waals surface area contributed by atoms with E-state index in [-0.39, 0.29) is 25.9 Å². The van der Waals surface area contributed by atoms with Gasteiger partial charge in [0.25, 0.3) is 0 Å². The molecule has 424 valence electrons. The Labute approximate surface area is 442 Å². The molecule has 3 atom stereocenters. The molecule has 0 amide bonds. The number of phosphoric acid groups is 1. The Bertz CT molecular complexity index is 1310. The molecule has 0 fully saturated rings. The lowest BCUT2D eigenvalue weighted by atomic mass is 10.0. The maximum atomic E-state index is 12.9. The fourth-order valence-electron chi connectivity index (χ4n) is 8.74. The molecule has 0 bridgehead atoms. The second-order valence-corrected chi connectivity index (χ2v) is 22.0. The predicted molar refractivity (Wildman–Crippen MR) is 298 cm³/mol. The second kappa shape index (κ2) is 55.2. The summed E-state index contributed by atoms with van der Waals surface area (Å²) in [5.41, 5.74) is 0. The topological polar surface area (TPSA) is 155 Å². The van der Waals surface area contributed by atoms with E-state index in [9.17, 15) is 28.9 Å². The highest BCUT2D eigenvalue weighted by molar-refractivity contribution is 7.47. The lowest BCUT2D eigenvalue weighted by molar-refractivity contribution is -0.161. The van der Waals surface area contributed by atoms with Gasteiger partial charge in [-0.1, -0.05) is 257 Å². The van der Waals surface area contributed by atoms with Crippen LogP contribution in [-0.4, -0.2) is 66.5 Å². The van der Waals surface area contributed by atoms with E-state index in [4.69, 9.17) is 23.3 Å². The van der Waals surface area contributed by atoms with Crippen LogP contribution in [0, 0.1) is 0 Å². The molecule has 0 saturated carbocycles. The Kier molecular flexibility index (Phi) is 53.6. The van der Waals surface area contributed by atoms with Crippen molar-refractivity contribution in [2.45, 2.75) is 315 Å². The van der Waals surface area contributed by atoms with Crippen LogP contribution in [0.4, 0.5) is 0 Å². The zero-order valence-electron chi connectivity index (χ0n) is 46.9. The number of aliphatic hydroxyl groups excluding tert-OH is 1. The summed E-state index contributed by atoms with van der Waals surface area (Å²) < 4.78 is 39.5. The summed E-state index contributed by atoms with van der Waals surface area (Å²) in [6, 6.07) is 0. The van der Waals surface area contributed by atoms with Gasteiger partial charge in [0.15, 0.2) is 6.10 Å². The molecule has 0 aromatic rings. The molecule has 11 nitrogen and oxygen atoms in total. The van der Waals surface area contributed by atoms with Crippen molar-refractivity contribution in [3.05, 3.63) is 24.3 Å². The molecule has 3 unspecified atom stereocenters. The van der Waals surface area contributed by atoms with Crippen molar-refractivity contribution in [3.63, 3.8) is 0 Å². The van der Waals surface area contributed by atoms with Gasteiger partial charge in [-0.2, -0.15) is 0 Å². The van der Waals surface area contributed by atoms with Crippen molar-refractivity contribution in [1.82, 2.24) is 0 Å². The number of rotatable bonds is 57. The summed E-state index contributed by atoms with van der Waals surface area (Å²) in [5.74, 6) is -1.45. The highest BCUT2D eigenvalue weighted by Gasteiger charge is 2.28. The molecule has 0 spiro atoms. The van der Waals surface area contributed by atoms with Crippen molar-refractivity contribution in [3.8, 4) is 0 Å². The van der Waals surface area contributed by atoms with Crippen molar-refractivity contribution in [2.75, 3.05) is 26.4 Å². The number of hydrogen-bond acceptors (Lipinski definition) is 10. The van der Waals surface area contributed by atoms with Crippen LogP contribution in [0.5, 0.6) is 0 Å². The number of ether oxygens (including phenoxy) is 3. The third kappa shape index (κ3) is 52.8. The van der Waals surface area contributed by atoms with Gasteiger partial charge in [0, 0.05) is 19.3 Å². The average molecular weight is 1040 g/mol. The molecule has 0 rings (SSSR count). The second-order valence-electron chi connectivity index (χ2n) is 20.5. The summed E-state index contributed by atoms with van der Waals surface area (Å²) in [4.78, 5) is 48.5. The summed E-state index contributed by atoms with van der Waals surface area (Å²) in [7, 11) is -4.74. The maximum absolute atomic E-state index is 12.9. The molecule has 0 heterocycles. The van der Waals surface area contributed by atoms with E-state index >= 15 is 0 Å². The summed E-state index contributed by atoms with van der Waals surface area (Å²) >= 11 is 0. The normalized spacial score (nSPS) is 13.5. The zero-order valence-corrected chi connectivity index (χ0v) is 47.8. The van der Waals surface area contributed by atoms with E-state index in [1.54, 1.807) is 0 Å². The van der Waals surface area contributed by atoms with Gasteiger partial charge in [-0.05, 0) is 51.4 Å². The quantitative estimate of drug-likeness (QED) is 0.0197. The Morgan fingerprint density at radius 3 is 1.06 bits per heavy atom. The van der Waals surface area contributed by atoms with Gasteiger partial charge in [0.2, 0.25) is 0 Å². The van der Waals surface area contributed by atoms with Crippen LogP contribution in [0.25, 0.3) is 0 Å². The van der Waals surface area contributed by atoms with Crippen LogP contribution in [-0.2, 0) is 42.2 Å². The molecule has 0 aliphatic carbocycles. The minimum Gasteiger partial charge on any atom is -0.462 e. The first-order valence-electron chi connectivity index (χ1n) is 30.2. The number of carbonyl (C=O) groups is 3. The number of phosphoric ester groups is 1. The van der Waals surface area contributed by atoms with Gasteiger partial charge in [0.05, 0.1) is 19.8 Å². The van der Waals surface area contributed by atoms with Crippen LogP contribution in [0.2, 0.25) is 0 Å². The molecule has 0 aromatic carbocycles. The SMILES string of the molecule is CCCCC/C=C\C/C=C\CCCCCCCCCC(=O)OC(CO)COP(=O)(O)OCC(COC(=O)CCCCCCCCCCC)OC(=O)CCCCCCCCCCCCCCCCCCCCC. The average Bonchev–Trinajstić information content (AvgIpc) is 3.37. The fourth-order valence-corrected chi connectivity index (χ4v) is 9.53. The van der Waals surface area contributed by atoms with Crippen LogP contribution < -0.4 is 0 Å². The molecule has 0 aliphatic rings. The monoisotopic (exact) mass is 1040 g/mol.